The highest BCUT2D eigenvalue weighted by Gasteiger charge is 2.32. The molecule has 11 aromatic carbocycles. The molecule has 0 unspecified atom stereocenters. The van der Waals surface area contributed by atoms with Crippen LogP contribution in [0.1, 0.15) is 297 Å². The number of para-hydroxylation sites is 2. The predicted molar refractivity (Wildman–Crippen MR) is 548 cm³/mol. The van der Waals surface area contributed by atoms with Gasteiger partial charge in [0.25, 0.3) is 0 Å². The van der Waals surface area contributed by atoms with Crippen LogP contribution in [0.25, 0.3) is 21.5 Å². The Morgan fingerprint density at radius 3 is 1.32 bits per heavy atom. The Morgan fingerprint density at radius 2 is 0.831 bits per heavy atom. The molecule has 3 heterocycles. The Labute approximate surface area is 756 Å². The summed E-state index contributed by atoms with van der Waals surface area (Å²) in [4.78, 5) is 2.48. The second kappa shape index (κ2) is 63.8. The third kappa shape index (κ3) is 40.1. The molecule has 0 bridgehead atoms. The monoisotopic (exact) mass is 1660 g/mol. The van der Waals surface area contributed by atoms with Crippen molar-refractivity contribution < 1.29 is 0 Å². The van der Waals surface area contributed by atoms with Crippen LogP contribution in [0, 0.1) is 17.8 Å². The van der Waals surface area contributed by atoms with Gasteiger partial charge in [0.1, 0.15) is 0 Å². The number of hydrogen-bond donors (Lipinski definition) is 4. The molecule has 3 aliphatic heterocycles. The van der Waals surface area contributed by atoms with Crippen LogP contribution in [0.2, 0.25) is 0 Å². The van der Waals surface area contributed by atoms with E-state index in [1.807, 2.05) is 32.3 Å². The maximum atomic E-state index is 3.98. The normalized spacial score (nSPS) is 16.0. The summed E-state index contributed by atoms with van der Waals surface area (Å²) in [5.74, 6) is 3.04. The highest BCUT2D eigenvalue weighted by atomic mass is 15.1. The van der Waals surface area contributed by atoms with Crippen molar-refractivity contribution in [1.82, 2.24) is 10.6 Å². The summed E-state index contributed by atoms with van der Waals surface area (Å²) >= 11 is 0. The van der Waals surface area contributed by atoms with Gasteiger partial charge in [0.2, 0.25) is 0 Å². The fraction of sp³-hybridized carbons (Fsp3) is 0.462. The van der Waals surface area contributed by atoms with E-state index in [9.17, 15) is 0 Å². The Balaban J connectivity index is 0.000000170. The third-order valence-corrected chi connectivity index (χ3v) is 25.9. The topological polar surface area (TPSA) is 51.4 Å². The molecule has 0 amide bonds. The molecular weight excluding hydrogens is 1500 g/mol. The maximum absolute atomic E-state index is 3.98. The molecule has 5 saturated carbocycles. The zero-order valence-electron chi connectivity index (χ0n) is 78.4. The lowest BCUT2D eigenvalue weighted by molar-refractivity contribution is 0.356. The highest BCUT2D eigenvalue weighted by Crippen LogP contribution is 2.40. The lowest BCUT2D eigenvalue weighted by atomic mass is 9.69. The van der Waals surface area contributed by atoms with E-state index in [1.54, 1.807) is 0 Å². The number of fused-ring (bicyclic) bond motifs is 4. The van der Waals surface area contributed by atoms with Crippen LogP contribution in [-0.2, 0) is 44.2 Å². The number of benzene rings is 11. The summed E-state index contributed by atoms with van der Waals surface area (Å²) in [6.07, 6.45) is 57.2. The van der Waals surface area contributed by atoms with Crippen LogP contribution in [0.4, 0.5) is 17.1 Å². The molecule has 0 radical (unpaired) electrons. The van der Waals surface area contributed by atoms with Crippen LogP contribution >= 0.6 is 0 Å². The van der Waals surface area contributed by atoms with E-state index in [4.69, 9.17) is 0 Å². The van der Waals surface area contributed by atoms with Gasteiger partial charge in [-0.3, -0.25) is 0 Å². The summed E-state index contributed by atoms with van der Waals surface area (Å²) in [6, 6.07) is 101. The SMILES string of the molecule is C1CCCCC1.C1CCCCCC1.C=CCC(CCC)(c1ccccc1)c1ccccc1.CC1CCCCC1.CC1CCCCC1.CCc1ccc2ccccc2c1.CNCc1ccccc1.CNc1cccc2ccccc12.c1ccc(CC2CCCCC2)cc1.c1ccc(N2CCCCC2)cc1.c1ccc2c(c1)CCCN2.c1ccc2c(c1)CCNC2. The Kier molecular flexibility index (Phi) is 51.7. The van der Waals surface area contributed by atoms with Crippen molar-refractivity contribution in [1.29, 1.82) is 0 Å². The van der Waals surface area contributed by atoms with E-state index < -0.39 is 0 Å². The molecular formula is C119H165N5. The third-order valence-electron chi connectivity index (χ3n) is 25.9. The minimum atomic E-state index is 0.0685. The van der Waals surface area contributed by atoms with Crippen molar-refractivity contribution >= 4 is 38.6 Å². The smallest absolute Gasteiger partial charge is 0.0417 e. The Morgan fingerprint density at radius 1 is 0.387 bits per heavy atom. The second-order valence-electron chi connectivity index (χ2n) is 35.9. The number of allylic oxidation sites excluding steroid dienone is 1. The second-order valence-corrected chi connectivity index (χ2v) is 35.9. The molecule has 5 heteroatoms. The zero-order chi connectivity index (χ0) is 87.1. The molecule has 124 heavy (non-hydrogen) atoms. The van der Waals surface area contributed by atoms with Crippen molar-refractivity contribution in [2.45, 2.75) is 297 Å². The Bertz CT molecular complexity index is 4200. The average Bonchev–Trinajstić information content (AvgIpc) is 0.948. The molecule has 5 nitrogen and oxygen atoms in total. The van der Waals surface area contributed by atoms with E-state index in [2.05, 4.69) is 333 Å². The van der Waals surface area contributed by atoms with Gasteiger partial charge in [0.05, 0.1) is 0 Å². The van der Waals surface area contributed by atoms with Crippen molar-refractivity contribution in [2.24, 2.45) is 17.8 Å². The molecule has 6 fully saturated rings. The van der Waals surface area contributed by atoms with Gasteiger partial charge in [-0.15, -0.1) is 6.58 Å². The summed E-state index contributed by atoms with van der Waals surface area (Å²) < 4.78 is 0. The van der Waals surface area contributed by atoms with Gasteiger partial charge in [0.15, 0.2) is 0 Å². The standard InChI is InChI=1S/C19H22.C13H18.C12H12.C11H11N.C11H15N.2C9H11N.C8H11N.3C7H14.C6H12/c1-3-15-19(16-4-2,17-11-7-5-8-12-17)18-13-9-6-10-14-18;1-3-7-12(8-4-1)11-13-9-5-2-6-10-13;1-2-10-7-8-11-5-3-4-6-12(11)9-10;1-12-11-8-4-6-9-5-2-3-7-10(9)11;1-3-7-11(8-4-1)12-9-5-2-6-10-12;1-2-6-9-8(4-1)5-3-7-10-9;1-2-4-9-7-10-6-5-8(9)3-1;1-9-7-8-5-3-2-4-6-8;2*1-7-5-3-2-4-6-7;1-2-4-6-7-5-3-1;1-2-4-6-5-3-1/h3,5-14H,1,4,15-16H2,2H3;1,3-4,7-8,13H,2,5-6,9-11H2;3-9H,2H2,1H3;2-8,12H,1H3;1,3-4,7-8H,2,5-6,9-10H2;1-2,4,6,10H,3,5,7H2;1-4,10H,5-7H2;2-6,9H,7H2,1H3;2*7H,2-6H2,1H3;1-7H2;1-6H2. The van der Waals surface area contributed by atoms with Gasteiger partial charge in [-0.2, -0.15) is 0 Å². The summed E-state index contributed by atoms with van der Waals surface area (Å²) in [5, 5.41) is 18.2. The lowest BCUT2D eigenvalue weighted by Crippen LogP contribution is -2.29. The summed E-state index contributed by atoms with van der Waals surface area (Å²) in [7, 11) is 3.90. The molecule has 8 aliphatic rings. The fourth-order valence-electron chi connectivity index (χ4n) is 18.6. The van der Waals surface area contributed by atoms with Crippen LogP contribution in [0.15, 0.2) is 298 Å². The van der Waals surface area contributed by atoms with Gasteiger partial charge >= 0.3 is 0 Å². The first-order valence-electron chi connectivity index (χ1n) is 49.7. The molecule has 0 aromatic heterocycles. The molecule has 11 aromatic rings. The van der Waals surface area contributed by atoms with Gasteiger partial charge < -0.3 is 26.2 Å². The molecule has 1 saturated heterocycles. The number of anilines is 3. The van der Waals surface area contributed by atoms with Gasteiger partial charge in [-0.05, 0) is 180 Å². The Hall–Kier alpha value is -9.00. The first-order chi connectivity index (χ1) is 61.2. The first-order valence-corrected chi connectivity index (χ1v) is 49.7. The van der Waals surface area contributed by atoms with E-state index >= 15 is 0 Å². The maximum Gasteiger partial charge on any atom is 0.0417 e. The zero-order valence-corrected chi connectivity index (χ0v) is 78.4. The van der Waals surface area contributed by atoms with Gasteiger partial charge in [-0.25, -0.2) is 0 Å². The average molecular weight is 1670 g/mol. The predicted octanol–water partition coefficient (Wildman–Crippen LogP) is 33.1. The van der Waals surface area contributed by atoms with Crippen LogP contribution in [0.5, 0.6) is 0 Å². The number of rotatable bonds is 13. The number of hydrogen-bond acceptors (Lipinski definition) is 5. The molecule has 5 aliphatic carbocycles. The van der Waals surface area contributed by atoms with E-state index in [1.165, 1.54) is 321 Å². The molecule has 0 spiro atoms. The van der Waals surface area contributed by atoms with Crippen LogP contribution < -0.4 is 26.2 Å². The fourth-order valence-corrected chi connectivity index (χ4v) is 18.6. The summed E-state index contributed by atoms with van der Waals surface area (Å²) in [6.45, 7) is 19.9. The van der Waals surface area contributed by atoms with E-state index in [0.717, 1.165) is 69.6 Å². The molecule has 19 rings (SSSR count). The summed E-state index contributed by atoms with van der Waals surface area (Å²) in [5.41, 5.74) is 15.5. The first kappa shape index (κ1) is 100. The quantitative estimate of drug-likeness (QED) is 0.0685. The van der Waals surface area contributed by atoms with Gasteiger partial charge in [0, 0.05) is 67.6 Å². The number of aryl methyl sites for hydroxylation is 2. The van der Waals surface area contributed by atoms with Crippen molar-refractivity contribution in [3.63, 3.8) is 0 Å². The van der Waals surface area contributed by atoms with Crippen molar-refractivity contribution in [3.05, 3.63) is 342 Å². The van der Waals surface area contributed by atoms with E-state index in [-0.39, 0.29) is 5.41 Å². The van der Waals surface area contributed by atoms with Crippen molar-refractivity contribution in [2.75, 3.05) is 55.8 Å². The molecule has 666 valence electrons. The minimum Gasteiger partial charge on any atom is -0.388 e. The van der Waals surface area contributed by atoms with Crippen LogP contribution in [0.3, 0.4) is 0 Å². The lowest BCUT2D eigenvalue weighted by Gasteiger charge is -2.34. The number of nitrogens with zero attached hydrogens (tertiary/aromatic N) is 1. The van der Waals surface area contributed by atoms with Crippen LogP contribution in [-0.4, -0.2) is 40.3 Å². The highest BCUT2D eigenvalue weighted by molar-refractivity contribution is 5.93. The number of nitrogens with one attached hydrogen (secondary N) is 4. The molecule has 0 atom stereocenters. The largest absolute Gasteiger partial charge is 0.388 e. The minimum absolute atomic E-state index is 0.0685. The van der Waals surface area contributed by atoms with Crippen molar-refractivity contribution in [3.8, 4) is 0 Å². The van der Waals surface area contributed by atoms with Gasteiger partial charge in [-0.1, -0.05) is 481 Å². The number of piperidine rings is 1. The van der Waals surface area contributed by atoms with E-state index in [0.29, 0.717) is 0 Å². The molecule has 4 N–H and O–H groups in total.